The Morgan fingerprint density at radius 2 is 2.50 bits per heavy atom. The van der Waals surface area contributed by atoms with Crippen LogP contribution in [0.2, 0.25) is 0 Å². The zero-order chi connectivity index (χ0) is 10.4. The van der Waals surface area contributed by atoms with Gasteiger partial charge in [-0.1, -0.05) is 18.7 Å². The van der Waals surface area contributed by atoms with Gasteiger partial charge in [0.2, 0.25) is 0 Å². The minimum Gasteiger partial charge on any atom is -0.396 e. The molecule has 80 valence electrons. The summed E-state index contributed by atoms with van der Waals surface area (Å²) < 4.78 is 1.92. The second-order valence-corrected chi connectivity index (χ2v) is 4.52. The minimum absolute atomic E-state index is 0.111. The molecule has 0 fully saturated rings. The molecule has 0 radical (unpaired) electrons. The van der Waals surface area contributed by atoms with Crippen molar-refractivity contribution >= 4 is 23.4 Å². The SMILES string of the molecule is CCC(Cl)Cn1cnnc1SCCO. The minimum atomic E-state index is 0.111. The van der Waals surface area contributed by atoms with E-state index in [-0.39, 0.29) is 12.0 Å². The van der Waals surface area contributed by atoms with Crippen LogP contribution < -0.4 is 0 Å². The van der Waals surface area contributed by atoms with E-state index in [9.17, 15) is 0 Å². The van der Waals surface area contributed by atoms with Crippen molar-refractivity contribution in [1.82, 2.24) is 14.8 Å². The first-order chi connectivity index (χ1) is 6.77. The van der Waals surface area contributed by atoms with Crippen LogP contribution >= 0.6 is 23.4 Å². The maximum atomic E-state index is 8.68. The fourth-order valence-corrected chi connectivity index (χ4v) is 1.78. The average Bonchev–Trinajstić information content (AvgIpc) is 2.62. The van der Waals surface area contributed by atoms with Crippen LogP contribution in [0.3, 0.4) is 0 Å². The number of halogens is 1. The number of alkyl halides is 1. The highest BCUT2D eigenvalue weighted by atomic mass is 35.5. The summed E-state index contributed by atoms with van der Waals surface area (Å²) in [4.78, 5) is 0. The fourth-order valence-electron chi connectivity index (χ4n) is 0.961. The number of nitrogens with zero attached hydrogens (tertiary/aromatic N) is 3. The van der Waals surface area contributed by atoms with Gasteiger partial charge >= 0.3 is 0 Å². The van der Waals surface area contributed by atoms with Crippen molar-refractivity contribution in [2.45, 2.75) is 30.4 Å². The molecule has 4 nitrogen and oxygen atoms in total. The molecular weight excluding hydrogens is 222 g/mol. The Morgan fingerprint density at radius 1 is 1.71 bits per heavy atom. The monoisotopic (exact) mass is 235 g/mol. The van der Waals surface area contributed by atoms with Crippen molar-refractivity contribution < 1.29 is 5.11 Å². The third kappa shape index (κ3) is 3.48. The smallest absolute Gasteiger partial charge is 0.191 e. The van der Waals surface area contributed by atoms with Crippen LogP contribution in [0, 0.1) is 0 Å². The van der Waals surface area contributed by atoms with Crippen LogP contribution in [0.15, 0.2) is 11.5 Å². The summed E-state index contributed by atoms with van der Waals surface area (Å²) in [6.45, 7) is 2.91. The van der Waals surface area contributed by atoms with Crippen LogP contribution in [0.4, 0.5) is 0 Å². The Balaban J connectivity index is 2.53. The van der Waals surface area contributed by atoms with E-state index in [4.69, 9.17) is 16.7 Å². The number of thioether (sulfide) groups is 1. The average molecular weight is 236 g/mol. The fraction of sp³-hybridized carbons (Fsp3) is 0.750. The third-order valence-corrected chi connectivity index (χ3v) is 3.15. The maximum Gasteiger partial charge on any atom is 0.191 e. The molecule has 0 bridgehead atoms. The maximum absolute atomic E-state index is 8.68. The van der Waals surface area contributed by atoms with E-state index in [0.29, 0.717) is 5.75 Å². The van der Waals surface area contributed by atoms with Crippen molar-refractivity contribution in [1.29, 1.82) is 0 Å². The lowest BCUT2D eigenvalue weighted by molar-refractivity contribution is 0.322. The Hall–Kier alpha value is -0.260. The van der Waals surface area contributed by atoms with Gasteiger partial charge in [0.15, 0.2) is 5.16 Å². The van der Waals surface area contributed by atoms with E-state index in [1.807, 2.05) is 11.5 Å². The van der Waals surface area contributed by atoms with Crippen molar-refractivity contribution in [2.75, 3.05) is 12.4 Å². The van der Waals surface area contributed by atoms with E-state index in [1.165, 1.54) is 11.8 Å². The molecule has 1 aromatic rings. The molecule has 0 spiro atoms. The molecule has 1 rings (SSSR count). The number of aliphatic hydroxyl groups excluding tert-OH is 1. The summed E-state index contributed by atoms with van der Waals surface area (Å²) in [5.41, 5.74) is 0. The molecule has 0 saturated carbocycles. The lowest BCUT2D eigenvalue weighted by atomic mass is 10.3. The van der Waals surface area contributed by atoms with Crippen LogP contribution in [0.25, 0.3) is 0 Å². The topological polar surface area (TPSA) is 50.9 Å². The Labute approximate surface area is 92.7 Å². The van der Waals surface area contributed by atoms with E-state index in [0.717, 1.165) is 18.1 Å². The normalized spacial score (nSPS) is 13.1. The van der Waals surface area contributed by atoms with Crippen LogP contribution in [0.1, 0.15) is 13.3 Å². The molecule has 0 aromatic carbocycles. The first kappa shape index (κ1) is 11.8. The van der Waals surface area contributed by atoms with Gasteiger partial charge in [-0.15, -0.1) is 21.8 Å². The molecule has 0 aliphatic rings. The van der Waals surface area contributed by atoms with Crippen molar-refractivity contribution in [3.8, 4) is 0 Å². The molecule has 0 aliphatic heterocycles. The second kappa shape index (κ2) is 6.27. The number of hydrogen-bond acceptors (Lipinski definition) is 4. The number of aliphatic hydroxyl groups is 1. The Bertz CT molecular complexity index is 269. The van der Waals surface area contributed by atoms with Gasteiger partial charge in [0, 0.05) is 12.3 Å². The predicted octanol–water partition coefficient (Wildman–Crippen LogP) is 1.38. The highest BCUT2D eigenvalue weighted by Crippen LogP contribution is 2.16. The Kier molecular flexibility index (Phi) is 5.29. The van der Waals surface area contributed by atoms with E-state index in [2.05, 4.69) is 10.2 Å². The van der Waals surface area contributed by atoms with Crippen molar-refractivity contribution in [3.05, 3.63) is 6.33 Å². The quantitative estimate of drug-likeness (QED) is 0.598. The molecule has 6 heteroatoms. The van der Waals surface area contributed by atoms with Crippen LogP contribution in [-0.2, 0) is 6.54 Å². The summed E-state index contributed by atoms with van der Waals surface area (Å²) in [5.74, 6) is 0.637. The molecule has 1 N–H and O–H groups in total. The number of hydrogen-bond donors (Lipinski definition) is 1. The highest BCUT2D eigenvalue weighted by molar-refractivity contribution is 7.99. The second-order valence-electron chi connectivity index (χ2n) is 2.84. The summed E-state index contributed by atoms with van der Waals surface area (Å²) in [6.07, 6.45) is 2.59. The number of aromatic nitrogens is 3. The summed E-state index contributed by atoms with van der Waals surface area (Å²) in [6, 6.07) is 0. The van der Waals surface area contributed by atoms with E-state index >= 15 is 0 Å². The zero-order valence-corrected chi connectivity index (χ0v) is 9.63. The van der Waals surface area contributed by atoms with E-state index in [1.54, 1.807) is 6.33 Å². The van der Waals surface area contributed by atoms with E-state index < -0.39 is 0 Å². The lowest BCUT2D eigenvalue weighted by Crippen LogP contribution is -2.09. The van der Waals surface area contributed by atoms with Crippen LogP contribution in [-0.4, -0.2) is 37.6 Å². The molecule has 1 atom stereocenters. The molecular formula is C8H14ClN3OS. The molecule has 1 heterocycles. The summed E-state index contributed by atoms with van der Waals surface area (Å²) in [5, 5.41) is 17.4. The van der Waals surface area contributed by atoms with Gasteiger partial charge in [-0.05, 0) is 6.42 Å². The van der Waals surface area contributed by atoms with Gasteiger partial charge in [0.25, 0.3) is 0 Å². The van der Waals surface area contributed by atoms with Gasteiger partial charge in [-0.25, -0.2) is 0 Å². The summed E-state index contributed by atoms with van der Waals surface area (Å²) in [7, 11) is 0. The summed E-state index contributed by atoms with van der Waals surface area (Å²) >= 11 is 7.51. The first-order valence-corrected chi connectivity index (χ1v) is 5.95. The molecule has 1 aromatic heterocycles. The standard InChI is InChI=1S/C8H14ClN3OS/c1-2-7(9)5-12-6-10-11-8(12)14-4-3-13/h6-7,13H,2-5H2,1H3. The van der Waals surface area contributed by atoms with Gasteiger partial charge in [0.05, 0.1) is 12.0 Å². The van der Waals surface area contributed by atoms with Gasteiger partial charge in [-0.3, -0.25) is 0 Å². The van der Waals surface area contributed by atoms with Gasteiger partial charge in [-0.2, -0.15) is 0 Å². The van der Waals surface area contributed by atoms with Crippen molar-refractivity contribution in [2.24, 2.45) is 0 Å². The van der Waals surface area contributed by atoms with Gasteiger partial charge in [0.1, 0.15) is 6.33 Å². The van der Waals surface area contributed by atoms with Gasteiger partial charge < -0.3 is 9.67 Å². The molecule has 0 saturated heterocycles. The largest absolute Gasteiger partial charge is 0.396 e. The van der Waals surface area contributed by atoms with Crippen molar-refractivity contribution in [3.63, 3.8) is 0 Å². The highest BCUT2D eigenvalue weighted by Gasteiger charge is 2.08. The zero-order valence-electron chi connectivity index (χ0n) is 8.06. The lowest BCUT2D eigenvalue weighted by Gasteiger charge is -2.08. The first-order valence-electron chi connectivity index (χ1n) is 4.53. The molecule has 14 heavy (non-hydrogen) atoms. The molecule has 0 aliphatic carbocycles. The third-order valence-electron chi connectivity index (χ3n) is 1.74. The Morgan fingerprint density at radius 3 is 3.14 bits per heavy atom. The molecule has 1 unspecified atom stereocenters. The predicted molar refractivity (Wildman–Crippen MR) is 57.8 cm³/mol. The van der Waals surface area contributed by atoms with Crippen LogP contribution in [0.5, 0.6) is 0 Å². The molecule has 0 amide bonds. The number of rotatable bonds is 6.